The largest absolute Gasteiger partial charge is 0.268 e. The van der Waals surface area contributed by atoms with Crippen LogP contribution in [-0.4, -0.2) is 9.55 Å². The summed E-state index contributed by atoms with van der Waals surface area (Å²) >= 11 is 3.37. The molecule has 5 heteroatoms. The van der Waals surface area contributed by atoms with Crippen molar-refractivity contribution < 1.29 is 0 Å². The van der Waals surface area contributed by atoms with E-state index in [1.165, 1.54) is 21.6 Å². The molecule has 0 bridgehead atoms. The molecule has 0 saturated carbocycles. The van der Waals surface area contributed by atoms with Crippen molar-refractivity contribution in [1.29, 1.82) is 0 Å². The number of rotatable bonds is 4. The smallest absolute Gasteiger partial charge is 0.267 e. The molecular weight excluding hydrogens is 444 g/mol. The highest BCUT2D eigenvalue weighted by atomic mass is 32.2. The lowest BCUT2D eigenvalue weighted by molar-refractivity contribution is 0.509. The molecule has 2 aromatic heterocycles. The van der Waals surface area contributed by atoms with Gasteiger partial charge >= 0.3 is 0 Å². The highest BCUT2D eigenvalue weighted by molar-refractivity contribution is 7.98. The first-order chi connectivity index (χ1) is 15.8. The monoisotopic (exact) mass is 474 g/mol. The van der Waals surface area contributed by atoms with Crippen LogP contribution in [-0.2, 0) is 24.0 Å². The number of aryl methyl sites for hydroxylation is 1. The zero-order valence-corrected chi connectivity index (χ0v) is 21.4. The molecule has 0 aliphatic heterocycles. The number of fused-ring (bicyclic) bond motifs is 3. The number of hydrogen-bond acceptors (Lipinski definition) is 4. The third kappa shape index (κ3) is 4.41. The van der Waals surface area contributed by atoms with E-state index in [1.54, 1.807) is 23.1 Å². The molecule has 170 valence electrons. The van der Waals surface area contributed by atoms with Gasteiger partial charge in [-0.3, -0.25) is 9.36 Å². The summed E-state index contributed by atoms with van der Waals surface area (Å²) in [5.74, 6) is 1.45. The van der Waals surface area contributed by atoms with Crippen LogP contribution in [0.1, 0.15) is 55.7 Å². The fraction of sp³-hybridized carbons (Fsp3) is 0.357. The van der Waals surface area contributed by atoms with Gasteiger partial charge in [0.1, 0.15) is 4.83 Å². The van der Waals surface area contributed by atoms with Crippen molar-refractivity contribution in [3.05, 3.63) is 86.5 Å². The Morgan fingerprint density at radius 1 is 1.09 bits per heavy atom. The van der Waals surface area contributed by atoms with E-state index in [1.807, 2.05) is 34.9 Å². The van der Waals surface area contributed by atoms with E-state index < -0.39 is 0 Å². The van der Waals surface area contributed by atoms with Crippen molar-refractivity contribution in [2.24, 2.45) is 5.92 Å². The zero-order chi connectivity index (χ0) is 23.2. The first-order valence-corrected chi connectivity index (χ1v) is 13.5. The number of thiophene rings is 1. The van der Waals surface area contributed by atoms with Crippen LogP contribution in [0.5, 0.6) is 0 Å². The maximum Gasteiger partial charge on any atom is 0.267 e. The lowest BCUT2D eigenvalue weighted by atomic mass is 9.87. The van der Waals surface area contributed by atoms with Gasteiger partial charge < -0.3 is 0 Å². The van der Waals surface area contributed by atoms with Crippen molar-refractivity contribution in [1.82, 2.24) is 9.55 Å². The summed E-state index contributed by atoms with van der Waals surface area (Å²) in [6, 6.07) is 18.8. The summed E-state index contributed by atoms with van der Waals surface area (Å²) in [5.41, 5.74) is 4.90. The number of thioether (sulfide) groups is 1. The van der Waals surface area contributed by atoms with Gasteiger partial charge in [-0.25, -0.2) is 4.98 Å². The van der Waals surface area contributed by atoms with Gasteiger partial charge in [-0.15, -0.1) is 11.3 Å². The van der Waals surface area contributed by atoms with Crippen LogP contribution in [0.4, 0.5) is 0 Å². The van der Waals surface area contributed by atoms with Gasteiger partial charge in [0.15, 0.2) is 5.16 Å². The van der Waals surface area contributed by atoms with Crippen LogP contribution in [0.15, 0.2) is 64.5 Å². The zero-order valence-electron chi connectivity index (χ0n) is 19.7. The molecule has 3 nitrogen and oxygen atoms in total. The van der Waals surface area contributed by atoms with E-state index in [2.05, 4.69) is 52.0 Å². The summed E-state index contributed by atoms with van der Waals surface area (Å²) in [6.07, 6.45) is 3.18. The average molecular weight is 475 g/mol. The molecule has 0 radical (unpaired) electrons. The fourth-order valence-electron chi connectivity index (χ4n) is 4.52. The Balaban J connectivity index is 1.56. The van der Waals surface area contributed by atoms with E-state index in [9.17, 15) is 4.79 Å². The quantitative estimate of drug-likeness (QED) is 0.232. The Morgan fingerprint density at radius 3 is 2.52 bits per heavy atom. The molecule has 5 rings (SSSR count). The van der Waals surface area contributed by atoms with Gasteiger partial charge in [0, 0.05) is 10.6 Å². The maximum absolute atomic E-state index is 13.8. The second kappa shape index (κ2) is 8.77. The number of benzene rings is 2. The van der Waals surface area contributed by atoms with E-state index in [4.69, 9.17) is 4.98 Å². The molecule has 0 spiro atoms. The summed E-state index contributed by atoms with van der Waals surface area (Å²) in [4.78, 5) is 21.2. The lowest BCUT2D eigenvalue weighted by Gasteiger charge is -2.19. The highest BCUT2D eigenvalue weighted by Crippen LogP contribution is 2.37. The molecule has 0 fully saturated rings. The van der Waals surface area contributed by atoms with E-state index >= 15 is 0 Å². The Morgan fingerprint density at radius 2 is 1.82 bits per heavy atom. The molecule has 1 atom stereocenters. The third-order valence-electron chi connectivity index (χ3n) is 6.50. The molecule has 1 aliphatic rings. The first-order valence-electron chi connectivity index (χ1n) is 11.7. The van der Waals surface area contributed by atoms with Gasteiger partial charge in [0.25, 0.3) is 5.56 Å². The lowest BCUT2D eigenvalue weighted by Crippen LogP contribution is -2.22. The van der Waals surface area contributed by atoms with Crippen LogP contribution < -0.4 is 5.56 Å². The molecule has 2 heterocycles. The number of nitrogens with zero attached hydrogens (tertiary/aromatic N) is 2. The summed E-state index contributed by atoms with van der Waals surface area (Å²) < 4.78 is 1.82. The second-order valence-corrected chi connectivity index (χ2v) is 12.2. The van der Waals surface area contributed by atoms with E-state index in [0.717, 1.165) is 46.1 Å². The second-order valence-electron chi connectivity index (χ2n) is 10.1. The van der Waals surface area contributed by atoms with Gasteiger partial charge in [0.05, 0.1) is 11.1 Å². The van der Waals surface area contributed by atoms with Crippen LogP contribution in [0, 0.1) is 5.92 Å². The SMILES string of the molecule is CC1CCc2c(sc3nc(SCc4ccc(C(C)(C)C)cc4)n(-c4ccccc4)c(=O)c23)C1. The van der Waals surface area contributed by atoms with Gasteiger partial charge in [-0.05, 0) is 59.4 Å². The summed E-state index contributed by atoms with van der Waals surface area (Å²) in [7, 11) is 0. The maximum atomic E-state index is 13.8. The standard InChI is InChI=1S/C28H30N2OS2/c1-18-10-15-22-23(16-18)33-25-24(22)26(31)30(21-8-6-5-7-9-21)27(29-25)32-17-19-11-13-20(14-12-19)28(2,3)4/h5-9,11-14,18H,10,15-17H2,1-4H3. The normalized spacial score (nSPS) is 16.2. The summed E-state index contributed by atoms with van der Waals surface area (Å²) in [6.45, 7) is 9.00. The Hall–Kier alpha value is -2.37. The molecule has 4 aromatic rings. The molecule has 1 unspecified atom stereocenters. The predicted molar refractivity (Wildman–Crippen MR) is 141 cm³/mol. The van der Waals surface area contributed by atoms with Crippen molar-refractivity contribution in [2.45, 2.75) is 63.3 Å². The molecule has 0 N–H and O–H groups in total. The average Bonchev–Trinajstić information content (AvgIpc) is 3.15. The summed E-state index contributed by atoms with van der Waals surface area (Å²) in [5, 5.41) is 1.61. The van der Waals surface area contributed by atoms with Gasteiger partial charge in [0.2, 0.25) is 0 Å². The van der Waals surface area contributed by atoms with Crippen LogP contribution in [0.3, 0.4) is 0 Å². The van der Waals surface area contributed by atoms with Crippen molar-refractivity contribution in [2.75, 3.05) is 0 Å². The van der Waals surface area contributed by atoms with Crippen molar-refractivity contribution in [3.8, 4) is 5.69 Å². The number of aromatic nitrogens is 2. The number of para-hydroxylation sites is 1. The van der Waals surface area contributed by atoms with E-state index in [0.29, 0.717) is 5.92 Å². The topological polar surface area (TPSA) is 34.9 Å². The minimum absolute atomic E-state index is 0.0730. The van der Waals surface area contributed by atoms with Gasteiger partial charge in [-0.2, -0.15) is 0 Å². The Kier molecular flexibility index (Phi) is 5.96. The van der Waals surface area contributed by atoms with Crippen LogP contribution in [0.2, 0.25) is 0 Å². The molecule has 0 amide bonds. The fourth-order valence-corrected chi connectivity index (χ4v) is 6.91. The van der Waals surface area contributed by atoms with E-state index in [-0.39, 0.29) is 11.0 Å². The Labute approximate surface area is 203 Å². The molecule has 33 heavy (non-hydrogen) atoms. The first kappa shape index (κ1) is 22.4. The van der Waals surface area contributed by atoms with Gasteiger partial charge in [-0.1, -0.05) is 81.9 Å². The van der Waals surface area contributed by atoms with Crippen molar-refractivity contribution >= 4 is 33.3 Å². The molecule has 0 saturated heterocycles. The molecule has 2 aromatic carbocycles. The number of hydrogen-bond donors (Lipinski definition) is 0. The van der Waals surface area contributed by atoms with Crippen LogP contribution >= 0.6 is 23.1 Å². The van der Waals surface area contributed by atoms with Crippen LogP contribution in [0.25, 0.3) is 15.9 Å². The predicted octanol–water partition coefficient (Wildman–Crippen LogP) is 7.16. The Bertz CT molecular complexity index is 1350. The highest BCUT2D eigenvalue weighted by Gasteiger charge is 2.25. The molecular formula is C28H30N2OS2. The minimum atomic E-state index is 0.0730. The third-order valence-corrected chi connectivity index (χ3v) is 8.66. The minimum Gasteiger partial charge on any atom is -0.268 e. The van der Waals surface area contributed by atoms with Crippen molar-refractivity contribution in [3.63, 3.8) is 0 Å². The molecule has 1 aliphatic carbocycles.